The van der Waals surface area contributed by atoms with Crippen LogP contribution in [0, 0.1) is 5.92 Å². The lowest BCUT2D eigenvalue weighted by Crippen LogP contribution is -2.49. The SMILES string of the molecule is CC[C@H](C)[C@H](NC(=O)N(C)CCC(C)O)C(=O)O. The summed E-state index contributed by atoms with van der Waals surface area (Å²) in [7, 11) is 1.58. The average Bonchev–Trinajstić information content (AvgIpc) is 2.30. The number of amides is 2. The number of aliphatic carboxylic acids is 1. The Morgan fingerprint density at radius 3 is 2.28 bits per heavy atom. The molecule has 0 fully saturated rings. The average molecular weight is 260 g/mol. The van der Waals surface area contributed by atoms with E-state index in [4.69, 9.17) is 10.2 Å². The molecule has 2 amide bonds. The molecule has 3 atom stereocenters. The molecule has 0 aromatic heterocycles. The fourth-order valence-electron chi connectivity index (χ4n) is 1.41. The highest BCUT2D eigenvalue weighted by Crippen LogP contribution is 2.08. The fraction of sp³-hybridized carbons (Fsp3) is 0.833. The number of hydrogen-bond donors (Lipinski definition) is 3. The molecular formula is C12H24N2O4. The molecule has 0 bridgehead atoms. The third-order valence-electron chi connectivity index (χ3n) is 2.99. The first-order valence-electron chi connectivity index (χ1n) is 6.22. The third kappa shape index (κ3) is 5.86. The summed E-state index contributed by atoms with van der Waals surface area (Å²) in [6, 6.07) is -1.31. The quantitative estimate of drug-likeness (QED) is 0.634. The molecule has 0 saturated carbocycles. The van der Waals surface area contributed by atoms with Crippen molar-refractivity contribution in [2.24, 2.45) is 5.92 Å². The summed E-state index contributed by atoms with van der Waals surface area (Å²) in [5.41, 5.74) is 0. The van der Waals surface area contributed by atoms with Crippen molar-refractivity contribution in [1.29, 1.82) is 0 Å². The van der Waals surface area contributed by atoms with E-state index in [1.54, 1.807) is 20.9 Å². The van der Waals surface area contributed by atoms with Crippen molar-refractivity contribution in [2.75, 3.05) is 13.6 Å². The smallest absolute Gasteiger partial charge is 0.326 e. The normalized spacial score (nSPS) is 15.6. The van der Waals surface area contributed by atoms with Gasteiger partial charge in [0.1, 0.15) is 6.04 Å². The minimum atomic E-state index is -1.03. The van der Waals surface area contributed by atoms with Gasteiger partial charge in [0.05, 0.1) is 6.10 Å². The highest BCUT2D eigenvalue weighted by Gasteiger charge is 2.26. The van der Waals surface area contributed by atoms with Crippen LogP contribution in [-0.4, -0.2) is 52.9 Å². The molecule has 0 spiro atoms. The molecule has 0 radical (unpaired) electrons. The van der Waals surface area contributed by atoms with Gasteiger partial charge >= 0.3 is 12.0 Å². The Bertz CT molecular complexity index is 281. The molecule has 1 unspecified atom stereocenters. The molecule has 0 aromatic rings. The molecule has 6 nitrogen and oxygen atoms in total. The summed E-state index contributed by atoms with van der Waals surface area (Å²) in [5.74, 6) is -1.15. The largest absolute Gasteiger partial charge is 0.480 e. The highest BCUT2D eigenvalue weighted by atomic mass is 16.4. The predicted molar refractivity (Wildman–Crippen MR) is 68.3 cm³/mol. The number of nitrogens with one attached hydrogen (secondary N) is 1. The number of carbonyl (C=O) groups excluding carboxylic acids is 1. The summed E-state index contributed by atoms with van der Waals surface area (Å²) in [5, 5.41) is 20.7. The van der Waals surface area contributed by atoms with Crippen LogP contribution in [0.25, 0.3) is 0 Å². The Balaban J connectivity index is 4.37. The Kier molecular flexibility index (Phi) is 7.35. The van der Waals surface area contributed by atoms with Crippen molar-refractivity contribution in [2.45, 2.75) is 45.8 Å². The second-order valence-electron chi connectivity index (χ2n) is 4.71. The van der Waals surface area contributed by atoms with E-state index in [2.05, 4.69) is 5.32 Å². The fourth-order valence-corrected chi connectivity index (χ4v) is 1.41. The summed E-state index contributed by atoms with van der Waals surface area (Å²) in [4.78, 5) is 24.2. The highest BCUT2D eigenvalue weighted by molar-refractivity contribution is 5.82. The van der Waals surface area contributed by atoms with Crippen molar-refractivity contribution in [3.8, 4) is 0 Å². The summed E-state index contributed by atoms with van der Waals surface area (Å²) >= 11 is 0. The molecule has 0 rings (SSSR count). The number of aliphatic hydroxyl groups is 1. The number of aliphatic hydroxyl groups excluding tert-OH is 1. The molecule has 6 heteroatoms. The van der Waals surface area contributed by atoms with Gasteiger partial charge in [-0.1, -0.05) is 20.3 Å². The van der Waals surface area contributed by atoms with Crippen LogP contribution in [0.1, 0.15) is 33.6 Å². The van der Waals surface area contributed by atoms with Crippen molar-refractivity contribution in [1.82, 2.24) is 10.2 Å². The van der Waals surface area contributed by atoms with Gasteiger partial charge in [0, 0.05) is 13.6 Å². The van der Waals surface area contributed by atoms with Gasteiger partial charge in [-0.25, -0.2) is 9.59 Å². The Morgan fingerprint density at radius 2 is 1.89 bits per heavy atom. The monoisotopic (exact) mass is 260 g/mol. The van der Waals surface area contributed by atoms with Crippen molar-refractivity contribution in [3.05, 3.63) is 0 Å². The Hall–Kier alpha value is -1.30. The van der Waals surface area contributed by atoms with E-state index in [9.17, 15) is 9.59 Å². The molecule has 0 saturated heterocycles. The summed E-state index contributed by atoms with van der Waals surface area (Å²) < 4.78 is 0. The van der Waals surface area contributed by atoms with Crippen LogP contribution in [-0.2, 0) is 4.79 Å². The number of hydrogen-bond acceptors (Lipinski definition) is 3. The van der Waals surface area contributed by atoms with E-state index in [-0.39, 0.29) is 5.92 Å². The van der Waals surface area contributed by atoms with E-state index in [1.165, 1.54) is 4.90 Å². The number of rotatable bonds is 7. The lowest BCUT2D eigenvalue weighted by Gasteiger charge is -2.24. The zero-order chi connectivity index (χ0) is 14.3. The number of urea groups is 1. The van der Waals surface area contributed by atoms with Crippen molar-refractivity contribution in [3.63, 3.8) is 0 Å². The minimum Gasteiger partial charge on any atom is -0.480 e. The van der Waals surface area contributed by atoms with Crippen LogP contribution in [0.5, 0.6) is 0 Å². The van der Waals surface area contributed by atoms with Crippen molar-refractivity contribution < 1.29 is 19.8 Å². The first-order valence-corrected chi connectivity index (χ1v) is 6.22. The Labute approximate surface area is 108 Å². The topological polar surface area (TPSA) is 89.9 Å². The third-order valence-corrected chi connectivity index (χ3v) is 2.99. The van der Waals surface area contributed by atoms with E-state index < -0.39 is 24.1 Å². The van der Waals surface area contributed by atoms with Gasteiger partial charge in [0.25, 0.3) is 0 Å². The van der Waals surface area contributed by atoms with Gasteiger partial charge in [0.2, 0.25) is 0 Å². The van der Waals surface area contributed by atoms with Crippen molar-refractivity contribution >= 4 is 12.0 Å². The second-order valence-corrected chi connectivity index (χ2v) is 4.71. The van der Waals surface area contributed by atoms with E-state index >= 15 is 0 Å². The first-order chi connectivity index (χ1) is 8.29. The zero-order valence-corrected chi connectivity index (χ0v) is 11.5. The van der Waals surface area contributed by atoms with E-state index in [0.717, 1.165) is 0 Å². The molecule has 0 aliphatic rings. The molecule has 0 aliphatic heterocycles. The maximum absolute atomic E-state index is 11.8. The standard InChI is InChI=1S/C12H24N2O4/c1-5-8(2)10(11(16)17)13-12(18)14(4)7-6-9(3)15/h8-10,15H,5-7H2,1-4H3,(H,13,18)(H,16,17)/t8-,9?,10-/m0/s1. The second kappa shape index (κ2) is 7.92. The minimum absolute atomic E-state index is 0.128. The molecule has 0 aliphatic carbocycles. The molecule has 0 heterocycles. The van der Waals surface area contributed by atoms with Crippen LogP contribution in [0.4, 0.5) is 4.79 Å². The molecular weight excluding hydrogens is 236 g/mol. The van der Waals surface area contributed by atoms with E-state index in [1.807, 2.05) is 6.92 Å². The van der Waals surface area contributed by atoms with Gasteiger partial charge in [-0.3, -0.25) is 0 Å². The molecule has 3 N–H and O–H groups in total. The van der Waals surface area contributed by atoms with Gasteiger partial charge in [-0.15, -0.1) is 0 Å². The molecule has 18 heavy (non-hydrogen) atoms. The van der Waals surface area contributed by atoms with Crippen LogP contribution in [0.3, 0.4) is 0 Å². The Morgan fingerprint density at radius 1 is 1.33 bits per heavy atom. The summed E-state index contributed by atoms with van der Waals surface area (Å²) in [6.45, 7) is 5.69. The van der Waals surface area contributed by atoms with Crippen LogP contribution in [0.15, 0.2) is 0 Å². The number of carboxylic acid groups (broad SMARTS) is 1. The lowest BCUT2D eigenvalue weighted by atomic mass is 9.99. The van der Waals surface area contributed by atoms with Gasteiger partial charge in [0.15, 0.2) is 0 Å². The number of carbonyl (C=O) groups is 2. The van der Waals surface area contributed by atoms with Crippen LogP contribution >= 0.6 is 0 Å². The first kappa shape index (κ1) is 16.7. The van der Waals surface area contributed by atoms with Gasteiger partial charge < -0.3 is 20.4 Å². The van der Waals surface area contributed by atoms with Gasteiger partial charge in [-0.05, 0) is 19.3 Å². The van der Waals surface area contributed by atoms with Crippen LogP contribution < -0.4 is 5.32 Å². The van der Waals surface area contributed by atoms with Gasteiger partial charge in [-0.2, -0.15) is 0 Å². The maximum atomic E-state index is 11.8. The van der Waals surface area contributed by atoms with E-state index in [0.29, 0.717) is 19.4 Å². The predicted octanol–water partition coefficient (Wildman–Crippen LogP) is 0.898. The molecule has 0 aromatic carbocycles. The summed E-state index contributed by atoms with van der Waals surface area (Å²) in [6.07, 6.45) is 0.657. The molecule has 106 valence electrons. The zero-order valence-electron chi connectivity index (χ0n) is 11.5. The maximum Gasteiger partial charge on any atom is 0.326 e. The lowest BCUT2D eigenvalue weighted by molar-refractivity contribution is -0.140. The number of nitrogens with zero attached hydrogens (tertiary/aromatic N) is 1. The number of carboxylic acids is 1. The van der Waals surface area contributed by atoms with Crippen LogP contribution in [0.2, 0.25) is 0 Å².